The maximum atomic E-state index is 13.8. The van der Waals surface area contributed by atoms with Crippen LogP contribution in [-0.4, -0.2) is 86.9 Å². The fraction of sp³-hybridized carbons (Fsp3) is 0.593. The lowest BCUT2D eigenvalue weighted by atomic mass is 9.91. The number of hydrogen-bond donors (Lipinski definition) is 3. The number of carbonyl (C=O) groups is 3. The van der Waals surface area contributed by atoms with Crippen LogP contribution >= 0.6 is 12.8 Å². The molecule has 0 saturated carbocycles. The number of nitrogens with one attached hydrogen (secondary N) is 2. The number of nitrogens with zero attached hydrogens (tertiary/aromatic N) is 3. The standard InChI is InChI=1S/C27H38FN5O4S/c1-7-20(30-24(34)15(2)31(6)26(36)37-27(3,4)5)25(35)32-11-10-22-23(32)19(14-33(22)38)18-13-29-21-12-16(28)8-9-17(18)21/h8-9,12-13,15,19-20,22-23,29,38H,7,10-11,14H2,1-6H3,(H,30,34)/t15-,19-,20-,22+,23+/m0/s1. The summed E-state index contributed by atoms with van der Waals surface area (Å²) in [5, 5.41) is 3.79. The first kappa shape index (κ1) is 28.2. The van der Waals surface area contributed by atoms with E-state index in [1.165, 1.54) is 24.1 Å². The number of likely N-dealkylation sites (tertiary alicyclic amines) is 1. The first-order valence-electron chi connectivity index (χ1n) is 13.1. The quantitative estimate of drug-likeness (QED) is 0.480. The fourth-order valence-corrected chi connectivity index (χ4v) is 5.95. The van der Waals surface area contributed by atoms with Crippen LogP contribution in [-0.2, 0) is 14.3 Å². The Morgan fingerprint density at radius 2 is 2.03 bits per heavy atom. The zero-order valence-corrected chi connectivity index (χ0v) is 23.7. The Hall–Kier alpha value is -2.79. The van der Waals surface area contributed by atoms with Crippen molar-refractivity contribution >= 4 is 41.6 Å². The van der Waals surface area contributed by atoms with Crippen molar-refractivity contribution in [2.75, 3.05) is 20.1 Å². The monoisotopic (exact) mass is 547 g/mol. The first-order valence-corrected chi connectivity index (χ1v) is 13.5. The molecule has 5 atom stereocenters. The van der Waals surface area contributed by atoms with Gasteiger partial charge in [0.2, 0.25) is 11.8 Å². The second kappa shape index (κ2) is 10.8. The molecule has 208 valence electrons. The number of hydrogen-bond acceptors (Lipinski definition) is 6. The highest BCUT2D eigenvalue weighted by atomic mass is 32.1. The Morgan fingerprint density at radius 3 is 2.68 bits per heavy atom. The molecule has 0 aliphatic carbocycles. The van der Waals surface area contributed by atoms with Crippen molar-refractivity contribution in [2.24, 2.45) is 0 Å². The summed E-state index contributed by atoms with van der Waals surface area (Å²) in [6, 6.07) is 3.07. The van der Waals surface area contributed by atoms with Gasteiger partial charge in [0.1, 0.15) is 23.5 Å². The van der Waals surface area contributed by atoms with Crippen LogP contribution in [0, 0.1) is 5.82 Å². The lowest BCUT2D eigenvalue weighted by Crippen LogP contribution is -2.55. The summed E-state index contributed by atoms with van der Waals surface area (Å²) in [7, 11) is 1.50. The molecule has 2 fully saturated rings. The fourth-order valence-electron chi connectivity index (χ4n) is 5.52. The van der Waals surface area contributed by atoms with Gasteiger partial charge < -0.3 is 19.9 Å². The highest BCUT2D eigenvalue weighted by Gasteiger charge is 2.51. The summed E-state index contributed by atoms with van der Waals surface area (Å²) in [6.07, 6.45) is 2.47. The molecular formula is C27H38FN5O4S. The smallest absolute Gasteiger partial charge is 0.410 e. The van der Waals surface area contributed by atoms with Crippen molar-refractivity contribution in [3.8, 4) is 0 Å². The van der Waals surface area contributed by atoms with E-state index in [0.717, 1.165) is 17.4 Å². The van der Waals surface area contributed by atoms with Gasteiger partial charge in [-0.1, -0.05) is 19.7 Å². The molecule has 1 aromatic heterocycles. The number of aromatic amines is 1. The molecule has 1 aromatic carbocycles. The number of rotatable bonds is 6. The number of thiol groups is 1. The van der Waals surface area contributed by atoms with E-state index >= 15 is 0 Å². The molecule has 11 heteroatoms. The molecule has 0 bridgehead atoms. The normalized spacial score (nSPS) is 23.3. The topological polar surface area (TPSA) is 98.0 Å². The molecule has 2 N–H and O–H groups in total. The van der Waals surface area contributed by atoms with Gasteiger partial charge in [-0.15, -0.1) is 0 Å². The van der Waals surface area contributed by atoms with Crippen LogP contribution in [0.2, 0.25) is 0 Å². The molecule has 2 aliphatic rings. The molecule has 3 amide bonds. The number of carbonyl (C=O) groups excluding carboxylic acids is 3. The molecule has 9 nitrogen and oxygen atoms in total. The highest BCUT2D eigenvalue weighted by Crippen LogP contribution is 2.44. The SMILES string of the molecule is CC[C@H](NC(=O)[C@H](C)N(C)C(=O)OC(C)(C)C)C(=O)N1CC[C@@H]2[C@H]1[C@H](c1c[nH]c3cc(F)ccc13)CN2S. The Kier molecular flexibility index (Phi) is 7.99. The minimum absolute atomic E-state index is 0.0198. The highest BCUT2D eigenvalue weighted by molar-refractivity contribution is 7.77. The average molecular weight is 548 g/mol. The van der Waals surface area contributed by atoms with Gasteiger partial charge in [0.25, 0.3) is 0 Å². The van der Waals surface area contributed by atoms with Gasteiger partial charge in [-0.05, 0) is 64.3 Å². The van der Waals surface area contributed by atoms with Crippen molar-refractivity contribution in [3.63, 3.8) is 0 Å². The molecule has 3 heterocycles. The summed E-state index contributed by atoms with van der Waals surface area (Å²) in [4.78, 5) is 45.6. The molecule has 4 rings (SSSR count). The van der Waals surface area contributed by atoms with Crippen LogP contribution < -0.4 is 5.32 Å². The number of fused-ring (bicyclic) bond motifs is 2. The summed E-state index contributed by atoms with van der Waals surface area (Å²) in [5.74, 6) is -0.905. The number of likely N-dealkylation sites (N-methyl/N-ethyl adjacent to an activating group) is 1. The van der Waals surface area contributed by atoms with E-state index < -0.39 is 29.7 Å². The summed E-state index contributed by atoms with van der Waals surface area (Å²) in [6.45, 7) is 9.93. The minimum Gasteiger partial charge on any atom is -0.444 e. The maximum absolute atomic E-state index is 13.8. The number of aromatic nitrogens is 1. The van der Waals surface area contributed by atoms with Crippen molar-refractivity contribution < 1.29 is 23.5 Å². The van der Waals surface area contributed by atoms with Crippen molar-refractivity contribution in [1.29, 1.82) is 0 Å². The summed E-state index contributed by atoms with van der Waals surface area (Å²) >= 11 is 4.71. The lowest BCUT2D eigenvalue weighted by molar-refractivity contribution is -0.138. The van der Waals surface area contributed by atoms with Gasteiger partial charge in [0, 0.05) is 49.2 Å². The van der Waals surface area contributed by atoms with E-state index in [2.05, 4.69) is 10.3 Å². The zero-order chi connectivity index (χ0) is 27.9. The Balaban J connectivity index is 1.50. The molecular weight excluding hydrogens is 509 g/mol. The lowest BCUT2D eigenvalue weighted by Gasteiger charge is -2.33. The number of H-pyrrole nitrogens is 1. The van der Waals surface area contributed by atoms with Crippen molar-refractivity contribution in [2.45, 2.75) is 83.1 Å². The number of ether oxygens (including phenoxy) is 1. The van der Waals surface area contributed by atoms with Gasteiger partial charge in [-0.25, -0.2) is 13.5 Å². The van der Waals surface area contributed by atoms with Crippen LogP contribution in [0.25, 0.3) is 10.9 Å². The Morgan fingerprint density at radius 1 is 1.32 bits per heavy atom. The van der Waals surface area contributed by atoms with E-state index in [0.29, 0.717) is 25.0 Å². The van der Waals surface area contributed by atoms with E-state index in [9.17, 15) is 18.8 Å². The maximum Gasteiger partial charge on any atom is 0.410 e. The largest absolute Gasteiger partial charge is 0.444 e. The molecule has 2 aromatic rings. The molecule has 38 heavy (non-hydrogen) atoms. The van der Waals surface area contributed by atoms with Gasteiger partial charge >= 0.3 is 6.09 Å². The van der Waals surface area contributed by atoms with Crippen LogP contribution in [0.1, 0.15) is 58.9 Å². The van der Waals surface area contributed by atoms with E-state index in [4.69, 9.17) is 17.6 Å². The van der Waals surface area contributed by atoms with Crippen molar-refractivity contribution in [3.05, 3.63) is 35.8 Å². The van der Waals surface area contributed by atoms with Gasteiger partial charge in [0.05, 0.1) is 6.04 Å². The van der Waals surface area contributed by atoms with Gasteiger partial charge in [-0.3, -0.25) is 14.5 Å². The summed E-state index contributed by atoms with van der Waals surface area (Å²) < 4.78 is 21.1. The Labute approximate surface area is 228 Å². The van der Waals surface area contributed by atoms with E-state index in [1.54, 1.807) is 33.8 Å². The summed E-state index contributed by atoms with van der Waals surface area (Å²) in [5.41, 5.74) is 1.05. The Bertz CT molecular complexity index is 1210. The molecule has 0 unspecified atom stereocenters. The van der Waals surface area contributed by atoms with E-state index in [1.807, 2.05) is 22.3 Å². The number of halogens is 1. The molecule has 2 aliphatic heterocycles. The predicted octanol–water partition coefficient (Wildman–Crippen LogP) is 3.67. The first-order chi connectivity index (χ1) is 17.8. The average Bonchev–Trinajstić information content (AvgIpc) is 3.54. The second-order valence-corrected chi connectivity index (χ2v) is 11.8. The van der Waals surface area contributed by atoms with Gasteiger partial charge in [-0.2, -0.15) is 0 Å². The van der Waals surface area contributed by atoms with Crippen molar-refractivity contribution in [1.82, 2.24) is 24.4 Å². The third kappa shape index (κ3) is 5.49. The third-order valence-corrected chi connectivity index (χ3v) is 8.08. The van der Waals surface area contributed by atoms with Gasteiger partial charge in [0.15, 0.2) is 0 Å². The number of amides is 3. The van der Waals surface area contributed by atoms with Crippen LogP contribution in [0.3, 0.4) is 0 Å². The second-order valence-electron chi connectivity index (χ2n) is 11.3. The van der Waals surface area contributed by atoms with Crippen LogP contribution in [0.5, 0.6) is 0 Å². The molecule has 0 radical (unpaired) electrons. The molecule has 2 saturated heterocycles. The number of benzene rings is 1. The van der Waals surface area contributed by atoms with E-state index in [-0.39, 0.29) is 29.7 Å². The van der Waals surface area contributed by atoms with Crippen LogP contribution in [0.4, 0.5) is 9.18 Å². The molecule has 0 spiro atoms. The zero-order valence-electron chi connectivity index (χ0n) is 22.8. The van der Waals surface area contributed by atoms with Crippen LogP contribution in [0.15, 0.2) is 24.4 Å². The minimum atomic E-state index is -0.822. The predicted molar refractivity (Wildman–Crippen MR) is 146 cm³/mol. The third-order valence-electron chi connectivity index (χ3n) is 7.62.